The minimum atomic E-state index is 0.496. The molecule has 6 nitrogen and oxygen atoms in total. The van der Waals surface area contributed by atoms with E-state index in [2.05, 4.69) is 84.3 Å². The molecule has 6 heteroatoms. The van der Waals surface area contributed by atoms with Crippen LogP contribution in [0, 0.1) is 5.92 Å². The molecular weight excluding hydrogens is 568 g/mol. The predicted octanol–water partition coefficient (Wildman–Crippen LogP) is 10.2. The van der Waals surface area contributed by atoms with Gasteiger partial charge in [0.15, 0.2) is 40.5 Å². The van der Waals surface area contributed by atoms with Crippen LogP contribution in [-0.4, -0.2) is 19.5 Å². The lowest BCUT2D eigenvalue weighted by Crippen LogP contribution is -2.05. The smallest absolute Gasteiger partial charge is 0.194 e. The summed E-state index contributed by atoms with van der Waals surface area (Å²) in [4.78, 5) is 14.9. The van der Waals surface area contributed by atoms with E-state index in [1.165, 1.54) is 0 Å². The Morgan fingerprint density at radius 3 is 2.17 bits per heavy atom. The van der Waals surface area contributed by atoms with Crippen LogP contribution >= 0.6 is 0 Å². The summed E-state index contributed by atoms with van der Waals surface area (Å²) in [6.45, 7) is 2.21. The average Bonchev–Trinajstić information content (AvgIpc) is 3.46. The molecule has 0 amide bonds. The highest BCUT2D eigenvalue weighted by molar-refractivity contribution is 6.12. The van der Waals surface area contributed by atoms with E-state index in [1.54, 1.807) is 0 Å². The van der Waals surface area contributed by atoms with Crippen molar-refractivity contribution in [2.45, 2.75) is 13.3 Å². The molecule has 0 spiro atoms. The summed E-state index contributed by atoms with van der Waals surface area (Å²) in [5.41, 5.74) is 5.83. The highest BCUT2D eigenvalue weighted by Crippen LogP contribution is 2.50. The van der Waals surface area contributed by atoms with Gasteiger partial charge in [0.25, 0.3) is 0 Å². The van der Waals surface area contributed by atoms with Gasteiger partial charge in [0.2, 0.25) is 0 Å². The van der Waals surface area contributed by atoms with Gasteiger partial charge in [-0.05, 0) is 54.8 Å². The number of rotatable bonds is 4. The molecule has 5 aromatic carbocycles. The van der Waals surface area contributed by atoms with E-state index in [0.717, 1.165) is 50.6 Å². The third-order valence-corrected chi connectivity index (χ3v) is 8.64. The molecule has 1 aliphatic carbocycles. The lowest BCUT2D eigenvalue weighted by molar-refractivity contribution is 0.362. The average molecular weight is 597 g/mol. The first kappa shape index (κ1) is 26.4. The Morgan fingerprint density at radius 2 is 1.35 bits per heavy atom. The van der Waals surface area contributed by atoms with Crippen LogP contribution in [0.5, 0.6) is 23.0 Å². The molecule has 2 aliphatic rings. The van der Waals surface area contributed by atoms with Crippen LogP contribution in [0.1, 0.15) is 19.2 Å². The van der Waals surface area contributed by atoms with Gasteiger partial charge in [0, 0.05) is 33.2 Å². The third-order valence-electron chi connectivity index (χ3n) is 8.64. The summed E-state index contributed by atoms with van der Waals surface area (Å²) in [6.07, 6.45) is 7.52. The highest BCUT2D eigenvalue weighted by Gasteiger charge is 2.25. The minimum absolute atomic E-state index is 0.496. The zero-order chi connectivity index (χ0) is 30.6. The van der Waals surface area contributed by atoms with Gasteiger partial charge in [-0.2, -0.15) is 0 Å². The number of nitrogens with zero attached hydrogens (tertiary/aromatic N) is 4. The van der Waals surface area contributed by atoms with Crippen LogP contribution in [0.3, 0.4) is 0 Å². The first-order valence-electron chi connectivity index (χ1n) is 15.5. The molecule has 1 atom stereocenters. The lowest BCUT2D eigenvalue weighted by Gasteiger charge is -2.22. The Bertz CT molecular complexity index is 2370. The Morgan fingerprint density at radius 1 is 0.630 bits per heavy atom. The molecule has 7 aromatic rings. The van der Waals surface area contributed by atoms with E-state index in [-0.39, 0.29) is 0 Å². The first-order chi connectivity index (χ1) is 22.7. The van der Waals surface area contributed by atoms with E-state index < -0.39 is 0 Å². The summed E-state index contributed by atoms with van der Waals surface area (Å²) in [6, 6.07) is 38.8. The zero-order valence-electron chi connectivity index (χ0n) is 25.1. The molecule has 1 unspecified atom stereocenters. The maximum Gasteiger partial charge on any atom is 0.194 e. The second-order valence-electron chi connectivity index (χ2n) is 11.7. The zero-order valence-corrected chi connectivity index (χ0v) is 25.1. The van der Waals surface area contributed by atoms with Crippen molar-refractivity contribution < 1.29 is 9.47 Å². The van der Waals surface area contributed by atoms with Crippen LogP contribution in [0.25, 0.3) is 55.8 Å². The molecule has 1 aliphatic heterocycles. The maximum atomic E-state index is 6.56. The number of benzene rings is 5. The molecule has 220 valence electrons. The second-order valence-corrected chi connectivity index (χ2v) is 11.7. The fraction of sp³-hybridized carbons (Fsp3) is 0.0750. The first-order valence-corrected chi connectivity index (χ1v) is 15.5. The normalized spacial score (nSPS) is 15.2. The van der Waals surface area contributed by atoms with Gasteiger partial charge in [0.05, 0.1) is 5.52 Å². The number of ether oxygens (including phenoxy) is 2. The predicted molar refractivity (Wildman–Crippen MR) is 183 cm³/mol. The van der Waals surface area contributed by atoms with E-state index in [4.69, 9.17) is 24.4 Å². The van der Waals surface area contributed by atoms with Gasteiger partial charge in [-0.15, -0.1) is 0 Å². The van der Waals surface area contributed by atoms with Crippen molar-refractivity contribution in [3.8, 4) is 51.5 Å². The van der Waals surface area contributed by atoms with E-state index in [1.807, 2.05) is 60.7 Å². The van der Waals surface area contributed by atoms with Crippen LogP contribution in [-0.2, 0) is 0 Å². The fourth-order valence-electron chi connectivity index (χ4n) is 6.33. The highest BCUT2D eigenvalue weighted by atomic mass is 16.6. The van der Waals surface area contributed by atoms with Crippen molar-refractivity contribution in [1.29, 1.82) is 0 Å². The van der Waals surface area contributed by atoms with Crippen molar-refractivity contribution in [3.05, 3.63) is 139 Å². The fourth-order valence-corrected chi connectivity index (χ4v) is 6.33. The molecule has 0 saturated heterocycles. The van der Waals surface area contributed by atoms with Gasteiger partial charge >= 0.3 is 0 Å². The van der Waals surface area contributed by atoms with Gasteiger partial charge in [-0.3, -0.25) is 0 Å². The van der Waals surface area contributed by atoms with Gasteiger partial charge in [-0.1, -0.05) is 97.9 Å². The van der Waals surface area contributed by atoms with Crippen LogP contribution in [0.15, 0.2) is 133 Å². The number of aromatic nitrogens is 4. The second kappa shape index (κ2) is 10.6. The number of allylic oxidation sites excluding steroid dienone is 4. The molecule has 0 radical (unpaired) electrons. The molecule has 0 N–H and O–H groups in total. The molecule has 0 saturated carbocycles. The van der Waals surface area contributed by atoms with E-state index in [9.17, 15) is 0 Å². The lowest BCUT2D eigenvalue weighted by atomic mass is 9.98. The Labute approximate surface area is 265 Å². The number of hydrogen-bond donors (Lipinski definition) is 0. The summed E-state index contributed by atoms with van der Waals surface area (Å²) in [5.74, 6) is 5.21. The Hall–Kier alpha value is -6.01. The number of para-hydroxylation sites is 3. The van der Waals surface area contributed by atoms with Crippen LogP contribution < -0.4 is 9.47 Å². The van der Waals surface area contributed by atoms with Crippen molar-refractivity contribution in [3.63, 3.8) is 0 Å². The minimum Gasteiger partial charge on any atom is -0.449 e. The maximum absolute atomic E-state index is 6.56. The topological polar surface area (TPSA) is 62.1 Å². The van der Waals surface area contributed by atoms with Gasteiger partial charge in [0.1, 0.15) is 5.52 Å². The summed E-state index contributed by atoms with van der Waals surface area (Å²) >= 11 is 0. The molecule has 9 rings (SSSR count). The van der Waals surface area contributed by atoms with Crippen molar-refractivity contribution in [1.82, 2.24) is 19.5 Å². The Balaban J connectivity index is 1.24. The molecule has 2 aromatic heterocycles. The number of hydrogen-bond acceptors (Lipinski definition) is 5. The van der Waals surface area contributed by atoms with Gasteiger partial charge in [-0.25, -0.2) is 15.0 Å². The summed E-state index contributed by atoms with van der Waals surface area (Å²) in [5, 5.41) is 2.22. The quantitative estimate of drug-likeness (QED) is 0.202. The molecule has 0 bridgehead atoms. The van der Waals surface area contributed by atoms with Crippen molar-refractivity contribution in [2.24, 2.45) is 5.92 Å². The van der Waals surface area contributed by atoms with Crippen LogP contribution in [0.4, 0.5) is 0 Å². The van der Waals surface area contributed by atoms with Gasteiger partial charge < -0.3 is 14.0 Å². The standard InChI is InChI=1S/C40H28N4O2/c1-25-18-20-27(21-19-25)39-41-38(26-10-3-2-4-11-26)42-40(43-39)28-12-9-13-29(24-28)44-32-15-6-5-14-30(32)31-22-23-35-37(36(31)44)46-34-17-8-7-16-33(34)45-35/h2-18,20-25H,19H2,1H3. The molecule has 46 heavy (non-hydrogen) atoms. The number of fused-ring (bicyclic) bond motifs is 6. The van der Waals surface area contributed by atoms with Crippen molar-refractivity contribution >= 4 is 27.4 Å². The molecular formula is C40H28N4O2. The third kappa shape index (κ3) is 4.38. The summed E-state index contributed by atoms with van der Waals surface area (Å²) < 4.78 is 15.1. The van der Waals surface area contributed by atoms with Crippen molar-refractivity contribution in [2.75, 3.05) is 0 Å². The largest absolute Gasteiger partial charge is 0.449 e. The van der Waals surface area contributed by atoms with E-state index >= 15 is 0 Å². The molecule has 3 heterocycles. The van der Waals surface area contributed by atoms with E-state index in [0.29, 0.717) is 46.4 Å². The summed E-state index contributed by atoms with van der Waals surface area (Å²) in [7, 11) is 0. The monoisotopic (exact) mass is 596 g/mol. The van der Waals surface area contributed by atoms with Crippen LogP contribution in [0.2, 0.25) is 0 Å². The SMILES string of the molecule is CC1C=CC(c2nc(-c3ccccc3)nc(-c3cccc(-n4c5ccccc5c5ccc6c(c54)Oc4ccccc4O6)c3)n2)=CC1. The Kier molecular flexibility index (Phi) is 6.06. The molecule has 0 fully saturated rings.